The molecule has 1 fully saturated rings. The van der Waals surface area contributed by atoms with Crippen molar-refractivity contribution in [3.05, 3.63) is 35.4 Å². The average molecular weight is 227 g/mol. The summed E-state index contributed by atoms with van der Waals surface area (Å²) < 4.78 is 0. The Hall–Kier alpha value is -1.64. The lowest BCUT2D eigenvalue weighted by molar-refractivity contribution is 0.782. The topological polar surface area (TPSA) is 50.7 Å². The molecule has 3 rings (SSSR count). The van der Waals surface area contributed by atoms with E-state index in [2.05, 4.69) is 41.4 Å². The highest BCUT2D eigenvalue weighted by Gasteiger charge is 2.29. The van der Waals surface area contributed by atoms with Gasteiger partial charge in [-0.1, -0.05) is 31.2 Å². The van der Waals surface area contributed by atoms with Gasteiger partial charge in [-0.3, -0.25) is 0 Å². The molecule has 0 aromatic heterocycles. The number of amidine groups is 1. The van der Waals surface area contributed by atoms with Gasteiger partial charge in [-0.05, 0) is 24.3 Å². The van der Waals surface area contributed by atoms with E-state index in [9.17, 15) is 0 Å². The van der Waals surface area contributed by atoms with Gasteiger partial charge in [0, 0.05) is 17.9 Å². The van der Waals surface area contributed by atoms with Crippen LogP contribution in [0.4, 0.5) is 0 Å². The van der Waals surface area contributed by atoms with Crippen molar-refractivity contribution in [2.45, 2.75) is 32.1 Å². The average Bonchev–Trinajstić information content (AvgIpc) is 3.13. The van der Waals surface area contributed by atoms with E-state index in [1.165, 1.54) is 24.0 Å². The molecule has 1 atom stereocenters. The molecule has 0 spiro atoms. The minimum atomic E-state index is 0.368. The molecule has 1 aromatic carbocycles. The van der Waals surface area contributed by atoms with Gasteiger partial charge >= 0.3 is 0 Å². The van der Waals surface area contributed by atoms with Crippen molar-refractivity contribution < 1.29 is 0 Å². The van der Waals surface area contributed by atoms with Crippen molar-refractivity contribution in [3.8, 4) is 0 Å². The van der Waals surface area contributed by atoms with Crippen molar-refractivity contribution in [3.63, 3.8) is 0 Å². The molecule has 1 unspecified atom stereocenters. The maximum Gasteiger partial charge on any atom is 0.123 e. The highest BCUT2D eigenvalue weighted by atomic mass is 15.2. The van der Waals surface area contributed by atoms with Crippen LogP contribution in [0, 0.1) is 5.92 Å². The summed E-state index contributed by atoms with van der Waals surface area (Å²) in [7, 11) is 0. The number of nitrogens with two attached hydrogens (primary N) is 1. The van der Waals surface area contributed by atoms with E-state index in [0.29, 0.717) is 11.8 Å². The number of nitrogens with zero attached hydrogens (tertiary/aromatic N) is 2. The zero-order valence-corrected chi connectivity index (χ0v) is 10.1. The smallest absolute Gasteiger partial charge is 0.123 e. The molecule has 0 bridgehead atoms. The summed E-state index contributed by atoms with van der Waals surface area (Å²) in [6.07, 6.45) is 3.44. The Morgan fingerprint density at radius 2 is 1.94 bits per heavy atom. The third-order valence-electron chi connectivity index (χ3n) is 3.52. The van der Waals surface area contributed by atoms with Gasteiger partial charge in [-0.15, -0.1) is 5.10 Å². The normalized spacial score (nSPS) is 24.2. The minimum Gasteiger partial charge on any atom is -0.386 e. The molecule has 17 heavy (non-hydrogen) atoms. The lowest BCUT2D eigenvalue weighted by Gasteiger charge is -2.19. The van der Waals surface area contributed by atoms with Crippen molar-refractivity contribution >= 4 is 11.5 Å². The van der Waals surface area contributed by atoms with Crippen LogP contribution in [0.15, 0.2) is 34.5 Å². The Morgan fingerprint density at radius 3 is 2.65 bits per heavy atom. The number of hydrogen-bond donors (Lipinski definition) is 1. The second-order valence-electron chi connectivity index (χ2n) is 5.04. The molecule has 1 aliphatic heterocycles. The summed E-state index contributed by atoms with van der Waals surface area (Å²) in [5.74, 6) is 1.75. The Labute approximate surface area is 101 Å². The van der Waals surface area contributed by atoms with Crippen molar-refractivity contribution in [2.24, 2.45) is 21.9 Å². The molecule has 1 aliphatic carbocycles. The van der Waals surface area contributed by atoms with Gasteiger partial charge in [0.05, 0.1) is 5.71 Å². The first-order chi connectivity index (χ1) is 8.25. The van der Waals surface area contributed by atoms with E-state index < -0.39 is 0 Å². The Balaban J connectivity index is 2.03. The summed E-state index contributed by atoms with van der Waals surface area (Å²) in [5.41, 5.74) is 9.53. The summed E-state index contributed by atoms with van der Waals surface area (Å²) >= 11 is 0. The number of hydrogen-bond acceptors (Lipinski definition) is 3. The number of rotatable bonds is 2. The van der Waals surface area contributed by atoms with Crippen molar-refractivity contribution in [1.29, 1.82) is 0 Å². The van der Waals surface area contributed by atoms with E-state index in [1.807, 2.05) is 0 Å². The van der Waals surface area contributed by atoms with Gasteiger partial charge in [-0.25, -0.2) is 0 Å². The SMILES string of the molecule is CC1CC(N)=NN=C1c1ccccc1C1CC1. The van der Waals surface area contributed by atoms with Crippen molar-refractivity contribution in [2.75, 3.05) is 0 Å². The molecule has 88 valence electrons. The van der Waals surface area contributed by atoms with Crippen LogP contribution in [0.2, 0.25) is 0 Å². The van der Waals surface area contributed by atoms with Gasteiger partial charge in [0.25, 0.3) is 0 Å². The minimum absolute atomic E-state index is 0.368. The lowest BCUT2D eigenvalue weighted by atomic mass is 9.90. The zero-order valence-electron chi connectivity index (χ0n) is 10.1. The Morgan fingerprint density at radius 1 is 1.18 bits per heavy atom. The molecular weight excluding hydrogens is 210 g/mol. The third-order valence-corrected chi connectivity index (χ3v) is 3.52. The summed E-state index contributed by atoms with van der Waals surface area (Å²) in [6.45, 7) is 2.17. The molecule has 2 aliphatic rings. The van der Waals surface area contributed by atoms with E-state index in [0.717, 1.165) is 18.1 Å². The van der Waals surface area contributed by atoms with Crippen molar-refractivity contribution in [1.82, 2.24) is 0 Å². The zero-order chi connectivity index (χ0) is 11.8. The fraction of sp³-hybridized carbons (Fsp3) is 0.429. The van der Waals surface area contributed by atoms with Crippen LogP contribution in [-0.4, -0.2) is 11.5 Å². The molecular formula is C14H17N3. The van der Waals surface area contributed by atoms with Gasteiger partial charge in [-0.2, -0.15) is 5.10 Å². The highest BCUT2D eigenvalue weighted by Crippen LogP contribution is 2.42. The van der Waals surface area contributed by atoms with Crippen LogP contribution in [-0.2, 0) is 0 Å². The molecule has 1 aromatic rings. The van der Waals surface area contributed by atoms with Gasteiger partial charge < -0.3 is 5.73 Å². The van der Waals surface area contributed by atoms with E-state index >= 15 is 0 Å². The van der Waals surface area contributed by atoms with Crippen LogP contribution in [0.25, 0.3) is 0 Å². The highest BCUT2D eigenvalue weighted by molar-refractivity contribution is 6.06. The maximum atomic E-state index is 5.72. The number of benzene rings is 1. The maximum absolute atomic E-state index is 5.72. The molecule has 3 heteroatoms. The molecule has 2 N–H and O–H groups in total. The Kier molecular flexibility index (Phi) is 2.46. The quantitative estimate of drug-likeness (QED) is 0.829. The van der Waals surface area contributed by atoms with E-state index in [1.54, 1.807) is 0 Å². The monoisotopic (exact) mass is 227 g/mol. The first kappa shape index (κ1) is 10.5. The Bertz CT molecular complexity index is 498. The molecule has 3 nitrogen and oxygen atoms in total. The molecule has 0 amide bonds. The molecule has 1 heterocycles. The first-order valence-electron chi connectivity index (χ1n) is 6.25. The van der Waals surface area contributed by atoms with Gasteiger partial charge in [0.2, 0.25) is 0 Å². The second kappa shape index (κ2) is 3.99. The summed E-state index contributed by atoms with van der Waals surface area (Å²) in [5, 5.41) is 8.35. The van der Waals surface area contributed by atoms with Gasteiger partial charge in [0.1, 0.15) is 5.84 Å². The van der Waals surface area contributed by atoms with Crippen LogP contribution in [0.5, 0.6) is 0 Å². The van der Waals surface area contributed by atoms with Gasteiger partial charge in [0.15, 0.2) is 0 Å². The van der Waals surface area contributed by atoms with E-state index in [-0.39, 0.29) is 0 Å². The fourth-order valence-electron chi connectivity index (χ4n) is 2.47. The fourth-order valence-corrected chi connectivity index (χ4v) is 2.47. The van der Waals surface area contributed by atoms with Crippen LogP contribution < -0.4 is 5.73 Å². The molecule has 0 radical (unpaired) electrons. The predicted octanol–water partition coefficient (Wildman–Crippen LogP) is 2.67. The predicted molar refractivity (Wildman–Crippen MR) is 70.4 cm³/mol. The molecule has 0 saturated heterocycles. The summed E-state index contributed by atoms with van der Waals surface area (Å²) in [4.78, 5) is 0. The standard InChI is InChI=1S/C14H17N3/c1-9-8-13(15)16-17-14(9)12-5-3-2-4-11(12)10-6-7-10/h2-5,9-10H,6-8H2,1H3,(H2,15,16). The molecule has 1 saturated carbocycles. The van der Waals surface area contributed by atoms with E-state index in [4.69, 9.17) is 5.73 Å². The third kappa shape index (κ3) is 1.97. The first-order valence-corrected chi connectivity index (χ1v) is 6.25. The lowest BCUT2D eigenvalue weighted by Crippen LogP contribution is -2.25. The van der Waals surface area contributed by atoms with Crippen LogP contribution in [0.3, 0.4) is 0 Å². The van der Waals surface area contributed by atoms with Crippen LogP contribution in [0.1, 0.15) is 43.2 Å². The second-order valence-corrected chi connectivity index (χ2v) is 5.04. The summed E-state index contributed by atoms with van der Waals surface area (Å²) in [6, 6.07) is 8.59. The van der Waals surface area contributed by atoms with Crippen LogP contribution >= 0.6 is 0 Å². The largest absolute Gasteiger partial charge is 0.386 e.